The summed E-state index contributed by atoms with van der Waals surface area (Å²) in [5, 5.41) is 12.2. The fraction of sp³-hybridized carbons (Fsp3) is 0.500. The first kappa shape index (κ1) is 15.5. The quantitative estimate of drug-likeness (QED) is 0.860. The lowest BCUT2D eigenvalue weighted by molar-refractivity contribution is 0.0510. The van der Waals surface area contributed by atoms with Gasteiger partial charge < -0.3 is 15.2 Å². The zero-order valence-corrected chi connectivity index (χ0v) is 13.6. The molecule has 0 aromatic heterocycles. The van der Waals surface area contributed by atoms with Gasteiger partial charge in [0.1, 0.15) is 0 Å². The largest absolute Gasteiger partial charge is 0.478 e. The second-order valence-corrected chi connectivity index (χ2v) is 6.82. The van der Waals surface area contributed by atoms with Crippen molar-refractivity contribution in [2.75, 3.05) is 6.61 Å². The van der Waals surface area contributed by atoms with E-state index in [1.165, 1.54) is 12.1 Å². The summed E-state index contributed by atoms with van der Waals surface area (Å²) in [5.41, 5.74) is 0.470. The van der Waals surface area contributed by atoms with E-state index in [1.54, 1.807) is 6.07 Å². The van der Waals surface area contributed by atoms with Crippen molar-refractivity contribution in [3.63, 3.8) is 0 Å². The minimum absolute atomic E-state index is 0.102. The van der Waals surface area contributed by atoms with Crippen LogP contribution in [0.2, 0.25) is 0 Å². The first-order chi connectivity index (χ1) is 10.5. The number of hydrogen-bond donors (Lipinski definition) is 2. The van der Waals surface area contributed by atoms with Crippen molar-refractivity contribution >= 4 is 27.8 Å². The Balaban J connectivity index is 1.75. The molecule has 1 saturated heterocycles. The van der Waals surface area contributed by atoms with E-state index >= 15 is 0 Å². The number of carboxylic acid groups (broad SMARTS) is 1. The third kappa shape index (κ3) is 3.17. The number of ether oxygens (including phenoxy) is 1. The van der Waals surface area contributed by atoms with Crippen LogP contribution in [0.15, 0.2) is 22.7 Å². The topological polar surface area (TPSA) is 75.6 Å². The molecule has 2 aliphatic rings. The van der Waals surface area contributed by atoms with E-state index in [0.29, 0.717) is 16.0 Å². The molecule has 2 N–H and O–H groups in total. The van der Waals surface area contributed by atoms with Crippen LogP contribution in [-0.4, -0.2) is 35.7 Å². The number of nitrogens with one attached hydrogen (secondary N) is 1. The molecule has 3 unspecified atom stereocenters. The molecule has 1 aliphatic carbocycles. The van der Waals surface area contributed by atoms with Crippen molar-refractivity contribution in [1.29, 1.82) is 0 Å². The van der Waals surface area contributed by atoms with Crippen molar-refractivity contribution in [3.8, 4) is 0 Å². The maximum atomic E-state index is 12.5. The standard InChI is InChI=1S/C16H18BrNO4/c17-11-7-9(6-10(8-11)16(20)21)15(19)18-13-2-1-3-14-12(13)4-5-22-14/h6-8,12-14H,1-5H2,(H,18,19)(H,20,21). The number of fused-ring (bicyclic) bond motifs is 1. The summed E-state index contributed by atoms with van der Waals surface area (Å²) >= 11 is 3.26. The molecule has 1 heterocycles. The van der Waals surface area contributed by atoms with Crippen molar-refractivity contribution in [2.24, 2.45) is 5.92 Å². The summed E-state index contributed by atoms with van der Waals surface area (Å²) in [7, 11) is 0. The molecule has 3 rings (SSSR count). The van der Waals surface area contributed by atoms with Gasteiger partial charge in [-0.2, -0.15) is 0 Å². The Morgan fingerprint density at radius 2 is 1.95 bits per heavy atom. The highest BCUT2D eigenvalue weighted by Crippen LogP contribution is 2.34. The molecule has 22 heavy (non-hydrogen) atoms. The molecular formula is C16H18BrNO4. The van der Waals surface area contributed by atoms with E-state index in [-0.39, 0.29) is 23.6 Å². The normalized spacial score (nSPS) is 27.2. The summed E-state index contributed by atoms with van der Waals surface area (Å²) in [6.45, 7) is 0.766. The van der Waals surface area contributed by atoms with Gasteiger partial charge in [-0.15, -0.1) is 0 Å². The number of rotatable bonds is 3. The molecule has 1 aliphatic heterocycles. The van der Waals surface area contributed by atoms with Crippen LogP contribution in [0.5, 0.6) is 0 Å². The average molecular weight is 368 g/mol. The second-order valence-electron chi connectivity index (χ2n) is 5.91. The number of amides is 1. The van der Waals surface area contributed by atoms with E-state index in [9.17, 15) is 9.59 Å². The van der Waals surface area contributed by atoms with Crippen LogP contribution in [0.3, 0.4) is 0 Å². The molecule has 0 bridgehead atoms. The number of carbonyl (C=O) groups is 2. The molecule has 1 aromatic rings. The maximum absolute atomic E-state index is 12.5. The van der Waals surface area contributed by atoms with E-state index in [4.69, 9.17) is 9.84 Å². The van der Waals surface area contributed by atoms with Gasteiger partial charge in [-0.3, -0.25) is 4.79 Å². The summed E-state index contributed by atoms with van der Waals surface area (Å²) < 4.78 is 6.29. The highest BCUT2D eigenvalue weighted by atomic mass is 79.9. The summed E-state index contributed by atoms with van der Waals surface area (Å²) in [6.07, 6.45) is 4.31. The van der Waals surface area contributed by atoms with E-state index in [2.05, 4.69) is 21.2 Å². The van der Waals surface area contributed by atoms with Gasteiger partial charge in [-0.25, -0.2) is 4.79 Å². The van der Waals surface area contributed by atoms with Crippen molar-refractivity contribution in [3.05, 3.63) is 33.8 Å². The Hall–Kier alpha value is -1.40. The van der Waals surface area contributed by atoms with Crippen molar-refractivity contribution in [1.82, 2.24) is 5.32 Å². The van der Waals surface area contributed by atoms with Crippen LogP contribution in [0.4, 0.5) is 0 Å². The van der Waals surface area contributed by atoms with Crippen molar-refractivity contribution < 1.29 is 19.4 Å². The number of halogens is 1. The Labute approximate surface area is 137 Å². The Morgan fingerprint density at radius 3 is 2.73 bits per heavy atom. The Morgan fingerprint density at radius 1 is 1.18 bits per heavy atom. The van der Waals surface area contributed by atoms with Crippen molar-refractivity contribution in [2.45, 2.75) is 37.8 Å². The minimum atomic E-state index is -1.04. The first-order valence-electron chi connectivity index (χ1n) is 7.51. The van der Waals surface area contributed by atoms with E-state index in [1.807, 2.05) is 0 Å². The maximum Gasteiger partial charge on any atom is 0.335 e. The molecule has 3 atom stereocenters. The van der Waals surface area contributed by atoms with Crippen LogP contribution in [-0.2, 0) is 4.74 Å². The van der Waals surface area contributed by atoms with Gasteiger partial charge in [0.2, 0.25) is 0 Å². The van der Waals surface area contributed by atoms with Crippen LogP contribution in [0.25, 0.3) is 0 Å². The van der Waals surface area contributed by atoms with Crippen LogP contribution < -0.4 is 5.32 Å². The molecular weight excluding hydrogens is 350 g/mol. The lowest BCUT2D eigenvalue weighted by Gasteiger charge is -2.33. The number of benzene rings is 1. The van der Waals surface area contributed by atoms with E-state index < -0.39 is 5.97 Å². The molecule has 118 valence electrons. The van der Waals surface area contributed by atoms with E-state index in [0.717, 1.165) is 32.3 Å². The van der Waals surface area contributed by atoms with Gasteiger partial charge in [0.25, 0.3) is 5.91 Å². The summed E-state index contributed by atoms with van der Waals surface area (Å²) in [5.74, 6) is -0.887. The van der Waals surface area contributed by atoms with Gasteiger partial charge in [0, 0.05) is 28.6 Å². The Kier molecular flexibility index (Phi) is 4.49. The van der Waals surface area contributed by atoms with Gasteiger partial charge in [-0.1, -0.05) is 15.9 Å². The number of aromatic carboxylic acids is 1. The fourth-order valence-electron chi connectivity index (χ4n) is 3.45. The van der Waals surface area contributed by atoms with Gasteiger partial charge in [0.05, 0.1) is 11.7 Å². The third-order valence-electron chi connectivity index (χ3n) is 4.50. The zero-order chi connectivity index (χ0) is 15.7. The fourth-order valence-corrected chi connectivity index (χ4v) is 3.94. The number of carboxylic acids is 1. The predicted molar refractivity (Wildman–Crippen MR) is 84.1 cm³/mol. The summed E-state index contributed by atoms with van der Waals surface area (Å²) in [6, 6.07) is 4.66. The first-order valence-corrected chi connectivity index (χ1v) is 8.30. The molecule has 0 spiro atoms. The molecule has 0 radical (unpaired) electrons. The third-order valence-corrected chi connectivity index (χ3v) is 4.96. The molecule has 1 amide bonds. The minimum Gasteiger partial charge on any atom is -0.478 e. The molecule has 1 aromatic carbocycles. The van der Waals surface area contributed by atoms with Gasteiger partial charge in [0.15, 0.2) is 0 Å². The smallest absolute Gasteiger partial charge is 0.335 e. The lowest BCUT2D eigenvalue weighted by Crippen LogP contribution is -2.45. The van der Waals surface area contributed by atoms with Gasteiger partial charge >= 0.3 is 5.97 Å². The molecule has 6 heteroatoms. The SMILES string of the molecule is O=C(O)c1cc(Br)cc(C(=O)NC2CCCC3OCCC23)c1. The predicted octanol–water partition coefficient (Wildman–Crippen LogP) is 2.83. The number of carbonyl (C=O) groups excluding carboxylic acids is 1. The van der Waals surface area contributed by atoms with Crippen LogP contribution in [0, 0.1) is 5.92 Å². The highest BCUT2D eigenvalue weighted by Gasteiger charge is 2.38. The zero-order valence-electron chi connectivity index (χ0n) is 12.0. The van der Waals surface area contributed by atoms with Gasteiger partial charge in [-0.05, 0) is 43.9 Å². The second kappa shape index (κ2) is 6.38. The molecule has 5 nitrogen and oxygen atoms in total. The molecule has 1 saturated carbocycles. The monoisotopic (exact) mass is 367 g/mol. The average Bonchev–Trinajstić information content (AvgIpc) is 2.96. The molecule has 2 fully saturated rings. The summed E-state index contributed by atoms with van der Waals surface area (Å²) in [4.78, 5) is 23.6. The lowest BCUT2D eigenvalue weighted by atomic mass is 9.81. The van der Waals surface area contributed by atoms with Crippen LogP contribution >= 0.6 is 15.9 Å². The Bertz CT molecular complexity index is 604. The van der Waals surface area contributed by atoms with Crippen LogP contribution in [0.1, 0.15) is 46.4 Å². The highest BCUT2D eigenvalue weighted by molar-refractivity contribution is 9.10. The number of hydrogen-bond acceptors (Lipinski definition) is 3.